The second kappa shape index (κ2) is 11.5. The third-order valence-electron chi connectivity index (χ3n) is 6.40. The molecule has 0 unspecified atom stereocenters. The van der Waals surface area contributed by atoms with Crippen LogP contribution >= 0.6 is 0 Å². The van der Waals surface area contributed by atoms with Gasteiger partial charge >= 0.3 is 6.01 Å². The van der Waals surface area contributed by atoms with Crippen molar-refractivity contribution in [3.05, 3.63) is 53.4 Å². The van der Waals surface area contributed by atoms with Crippen LogP contribution in [0.5, 0.6) is 5.75 Å². The Morgan fingerprint density at radius 1 is 1.17 bits per heavy atom. The van der Waals surface area contributed by atoms with Gasteiger partial charge in [-0.1, -0.05) is 43.3 Å². The number of allylic oxidation sites excluding steroid dienone is 3. The topological polar surface area (TPSA) is 80.5 Å². The van der Waals surface area contributed by atoms with Crippen LogP contribution in [0.4, 0.5) is 14.8 Å². The van der Waals surface area contributed by atoms with Gasteiger partial charge in [-0.25, -0.2) is 8.78 Å². The van der Waals surface area contributed by atoms with Gasteiger partial charge in [-0.2, -0.15) is 4.98 Å². The summed E-state index contributed by atoms with van der Waals surface area (Å²) in [7, 11) is 0. The normalized spacial score (nSPS) is 16.9. The van der Waals surface area contributed by atoms with Gasteiger partial charge in [-0.05, 0) is 54.9 Å². The molecule has 2 aliphatic rings. The van der Waals surface area contributed by atoms with E-state index in [-0.39, 0.29) is 5.92 Å². The molecule has 0 spiro atoms. The predicted octanol–water partition coefficient (Wildman–Crippen LogP) is 4.97. The minimum Gasteiger partial charge on any atom is -0.493 e. The van der Waals surface area contributed by atoms with Crippen molar-refractivity contribution in [1.82, 2.24) is 15.5 Å². The van der Waals surface area contributed by atoms with Gasteiger partial charge in [-0.15, -0.1) is 0 Å². The second-order valence-corrected chi connectivity index (χ2v) is 9.34. The molecule has 35 heavy (non-hydrogen) atoms. The maximum atomic E-state index is 12.3. The van der Waals surface area contributed by atoms with Crippen molar-refractivity contribution < 1.29 is 22.8 Å². The number of aromatic nitrogens is 2. The SMILES string of the molecule is CC(C)c1noc(N2CCC(COc3ccc(C4=CC=C(C(=O)NCC(F)F)CC4)cc3)CC2)n1. The average molecular weight is 487 g/mol. The third-order valence-corrected chi connectivity index (χ3v) is 6.40. The van der Waals surface area contributed by atoms with Crippen LogP contribution in [0.15, 0.2) is 46.5 Å². The lowest BCUT2D eigenvalue weighted by molar-refractivity contribution is -0.118. The highest BCUT2D eigenvalue weighted by Gasteiger charge is 2.24. The number of piperidine rings is 1. The highest BCUT2D eigenvalue weighted by molar-refractivity contribution is 5.95. The van der Waals surface area contributed by atoms with Crippen LogP contribution in [0.1, 0.15) is 56.8 Å². The van der Waals surface area contributed by atoms with Gasteiger partial charge in [0, 0.05) is 24.6 Å². The molecule has 1 aliphatic carbocycles. The lowest BCUT2D eigenvalue weighted by Gasteiger charge is -2.30. The first-order valence-corrected chi connectivity index (χ1v) is 12.2. The van der Waals surface area contributed by atoms with E-state index in [1.807, 2.05) is 44.2 Å². The van der Waals surface area contributed by atoms with Gasteiger partial charge < -0.3 is 19.5 Å². The Bertz CT molecular complexity index is 1050. The molecule has 0 atom stereocenters. The zero-order valence-electron chi connectivity index (χ0n) is 20.2. The van der Waals surface area contributed by atoms with Gasteiger partial charge in [0.15, 0.2) is 5.82 Å². The van der Waals surface area contributed by atoms with E-state index in [4.69, 9.17) is 9.26 Å². The highest BCUT2D eigenvalue weighted by Crippen LogP contribution is 2.29. The Labute approximate surface area is 204 Å². The number of ether oxygens (including phenoxy) is 1. The molecule has 2 heterocycles. The van der Waals surface area contributed by atoms with Crippen LogP contribution in [-0.4, -0.2) is 48.7 Å². The Balaban J connectivity index is 1.23. The fourth-order valence-corrected chi connectivity index (χ4v) is 4.21. The Morgan fingerprint density at radius 2 is 1.91 bits per heavy atom. The molecular weight excluding hydrogens is 454 g/mol. The average Bonchev–Trinajstić information content (AvgIpc) is 3.38. The summed E-state index contributed by atoms with van der Waals surface area (Å²) in [6, 6.07) is 8.57. The van der Waals surface area contributed by atoms with Crippen LogP contribution in [-0.2, 0) is 4.79 Å². The van der Waals surface area contributed by atoms with Crippen molar-refractivity contribution in [3.63, 3.8) is 0 Å². The first kappa shape index (κ1) is 24.9. The second-order valence-electron chi connectivity index (χ2n) is 9.34. The van der Waals surface area contributed by atoms with Gasteiger partial charge in [-0.3, -0.25) is 4.79 Å². The summed E-state index contributed by atoms with van der Waals surface area (Å²) in [5.74, 6) is 1.87. The predicted molar refractivity (Wildman–Crippen MR) is 130 cm³/mol. The minimum absolute atomic E-state index is 0.250. The number of amides is 1. The molecule has 0 bridgehead atoms. The lowest BCUT2D eigenvalue weighted by atomic mass is 9.93. The highest BCUT2D eigenvalue weighted by atomic mass is 19.3. The maximum absolute atomic E-state index is 12.3. The van der Waals surface area contributed by atoms with Gasteiger partial charge in [0.1, 0.15) is 5.75 Å². The lowest BCUT2D eigenvalue weighted by Crippen LogP contribution is -2.35. The van der Waals surface area contributed by atoms with E-state index in [9.17, 15) is 13.6 Å². The number of nitrogens with zero attached hydrogens (tertiary/aromatic N) is 3. The Morgan fingerprint density at radius 3 is 2.51 bits per heavy atom. The molecule has 2 aromatic rings. The molecule has 1 fully saturated rings. The van der Waals surface area contributed by atoms with Crippen molar-refractivity contribution >= 4 is 17.5 Å². The number of rotatable bonds is 9. The summed E-state index contributed by atoms with van der Waals surface area (Å²) in [6.07, 6.45) is 4.28. The quantitative estimate of drug-likeness (QED) is 0.539. The van der Waals surface area contributed by atoms with Gasteiger partial charge in [0.25, 0.3) is 6.43 Å². The monoisotopic (exact) mass is 486 g/mol. The van der Waals surface area contributed by atoms with Crippen molar-refractivity contribution in [2.45, 2.75) is 51.9 Å². The van der Waals surface area contributed by atoms with E-state index in [0.29, 0.717) is 37.0 Å². The fraction of sp³-hybridized carbons (Fsp3) is 0.500. The molecule has 1 saturated heterocycles. The smallest absolute Gasteiger partial charge is 0.324 e. The molecule has 1 amide bonds. The number of halogens is 2. The molecule has 188 valence electrons. The number of hydrogen-bond donors (Lipinski definition) is 1. The van der Waals surface area contributed by atoms with E-state index >= 15 is 0 Å². The summed E-state index contributed by atoms with van der Waals surface area (Å²) in [5, 5.41) is 6.30. The van der Waals surface area contributed by atoms with E-state index < -0.39 is 18.9 Å². The first-order valence-electron chi connectivity index (χ1n) is 12.2. The van der Waals surface area contributed by atoms with Crippen molar-refractivity contribution in [1.29, 1.82) is 0 Å². The summed E-state index contributed by atoms with van der Waals surface area (Å²) in [4.78, 5) is 18.6. The van der Waals surface area contributed by atoms with Crippen LogP contribution in [0.3, 0.4) is 0 Å². The van der Waals surface area contributed by atoms with E-state index in [1.54, 1.807) is 6.08 Å². The summed E-state index contributed by atoms with van der Waals surface area (Å²) >= 11 is 0. The summed E-state index contributed by atoms with van der Waals surface area (Å²) in [6.45, 7) is 5.88. The number of carbonyl (C=O) groups excluding carboxylic acids is 1. The van der Waals surface area contributed by atoms with E-state index in [1.165, 1.54) is 0 Å². The van der Waals surface area contributed by atoms with E-state index in [2.05, 4.69) is 20.4 Å². The molecular formula is C26H32F2N4O3. The zero-order chi connectivity index (χ0) is 24.8. The van der Waals surface area contributed by atoms with Crippen LogP contribution in [0, 0.1) is 5.92 Å². The Kier molecular flexibility index (Phi) is 8.15. The third kappa shape index (κ3) is 6.68. The fourth-order valence-electron chi connectivity index (χ4n) is 4.21. The molecule has 1 aliphatic heterocycles. The molecule has 1 aromatic heterocycles. The number of carbonyl (C=O) groups is 1. The minimum atomic E-state index is -2.54. The van der Waals surface area contributed by atoms with Crippen LogP contribution < -0.4 is 15.0 Å². The van der Waals surface area contributed by atoms with Gasteiger partial charge in [0.05, 0.1) is 13.2 Å². The molecule has 0 saturated carbocycles. The van der Waals surface area contributed by atoms with Crippen LogP contribution in [0.2, 0.25) is 0 Å². The number of hydrogen-bond acceptors (Lipinski definition) is 6. The van der Waals surface area contributed by atoms with E-state index in [0.717, 1.165) is 48.6 Å². The molecule has 0 radical (unpaired) electrons. The molecule has 1 N–H and O–H groups in total. The van der Waals surface area contributed by atoms with Crippen molar-refractivity contribution in [3.8, 4) is 5.75 Å². The largest absolute Gasteiger partial charge is 0.493 e. The van der Waals surface area contributed by atoms with Crippen molar-refractivity contribution in [2.75, 3.05) is 31.1 Å². The van der Waals surface area contributed by atoms with Crippen molar-refractivity contribution in [2.24, 2.45) is 5.92 Å². The van der Waals surface area contributed by atoms with Crippen LogP contribution in [0.25, 0.3) is 5.57 Å². The number of benzene rings is 1. The number of nitrogens with one attached hydrogen (secondary N) is 1. The first-order chi connectivity index (χ1) is 16.9. The number of alkyl halides is 2. The standard InChI is InChI=1S/C26H32F2N4O3/c1-17(2)24-30-26(35-31-24)32-13-11-18(12-14-32)16-34-22-9-7-20(8-10-22)19-3-5-21(6-4-19)25(33)29-15-23(27)28/h3,5,7-10,17-18,23H,4,6,11-16H2,1-2H3,(H,29,33). The summed E-state index contributed by atoms with van der Waals surface area (Å²) < 4.78 is 36.0. The Hall–Kier alpha value is -3.23. The molecule has 9 heteroatoms. The molecule has 1 aromatic carbocycles. The molecule has 7 nitrogen and oxygen atoms in total. The number of anilines is 1. The summed E-state index contributed by atoms with van der Waals surface area (Å²) in [5.41, 5.74) is 2.70. The zero-order valence-corrected chi connectivity index (χ0v) is 20.2. The molecule has 4 rings (SSSR count). The van der Waals surface area contributed by atoms with Gasteiger partial charge in [0.2, 0.25) is 5.91 Å². The maximum Gasteiger partial charge on any atom is 0.324 e.